The molecule has 0 aromatic carbocycles. The highest BCUT2D eigenvalue weighted by atomic mass is 16.5. The number of furan rings is 1. The van der Waals surface area contributed by atoms with Gasteiger partial charge in [0.25, 0.3) is 0 Å². The van der Waals surface area contributed by atoms with E-state index in [1.807, 2.05) is 52.1 Å². The van der Waals surface area contributed by atoms with Gasteiger partial charge in [0.05, 0.1) is 25.0 Å². The lowest BCUT2D eigenvalue weighted by atomic mass is 9.71. The molecule has 224 valence electrons. The third kappa shape index (κ3) is 11.3. The normalized spacial score (nSPS) is 18.9. The quantitative estimate of drug-likeness (QED) is 0.211. The van der Waals surface area contributed by atoms with Crippen LogP contribution in [-0.2, 0) is 14.3 Å². The number of β-amino-alcohol motifs (C(OH)–C–C–N with tert-alkyl or cyclic N) is 1. The Kier molecular flexibility index (Phi) is 19.4. The van der Waals surface area contributed by atoms with Crippen LogP contribution in [0.25, 0.3) is 12.2 Å². The van der Waals surface area contributed by atoms with Gasteiger partial charge in [0.2, 0.25) is 0 Å². The number of ether oxygens (including phenoxy) is 1. The van der Waals surface area contributed by atoms with Crippen molar-refractivity contribution in [3.63, 3.8) is 0 Å². The Labute approximate surface area is 240 Å². The van der Waals surface area contributed by atoms with E-state index in [1.165, 1.54) is 0 Å². The average Bonchev–Trinajstić information content (AvgIpc) is 3.42. The fourth-order valence-electron chi connectivity index (χ4n) is 4.77. The number of carbonyl (C=O) groups excluding carboxylic acids is 2. The Balaban J connectivity index is 0.000000708. The van der Waals surface area contributed by atoms with Crippen molar-refractivity contribution in [3.8, 4) is 0 Å². The summed E-state index contributed by atoms with van der Waals surface area (Å²) in [5, 5.41) is 10.0. The monoisotopic (exact) mass is 558 g/mol. The lowest BCUT2D eigenvalue weighted by Gasteiger charge is -2.56. The maximum atomic E-state index is 11.8. The third-order valence-electron chi connectivity index (χ3n) is 7.06. The van der Waals surface area contributed by atoms with Crippen molar-refractivity contribution in [1.82, 2.24) is 20.7 Å². The summed E-state index contributed by atoms with van der Waals surface area (Å²) >= 11 is 0. The average molecular weight is 559 g/mol. The highest BCUT2D eigenvalue weighted by Crippen LogP contribution is 2.42. The third-order valence-corrected chi connectivity index (χ3v) is 7.06. The molecule has 0 amide bonds. The van der Waals surface area contributed by atoms with Crippen LogP contribution in [-0.4, -0.2) is 101 Å². The molecule has 0 aliphatic carbocycles. The molecule has 1 unspecified atom stereocenters. The smallest absolute Gasteiger partial charge is 0.144 e. The number of carbonyl (C=O) groups is 2. The minimum atomic E-state index is -0.619. The van der Waals surface area contributed by atoms with E-state index in [9.17, 15) is 4.79 Å². The van der Waals surface area contributed by atoms with Crippen LogP contribution in [0.15, 0.2) is 66.4 Å². The van der Waals surface area contributed by atoms with Gasteiger partial charge in [-0.15, -0.1) is 0 Å². The summed E-state index contributed by atoms with van der Waals surface area (Å²) in [6, 6.07) is 1.90. The molecule has 2 aliphatic heterocycles. The number of hydrazine groups is 1. The molecule has 2 aliphatic rings. The van der Waals surface area contributed by atoms with Gasteiger partial charge in [-0.05, 0) is 63.1 Å². The fourth-order valence-corrected chi connectivity index (χ4v) is 4.77. The van der Waals surface area contributed by atoms with Crippen molar-refractivity contribution in [2.45, 2.75) is 25.3 Å². The Bertz CT molecular complexity index is 1020. The zero-order chi connectivity index (χ0) is 30.4. The number of nitrogens with one attached hydrogen (secondary N) is 2. The molecule has 1 aromatic rings. The minimum absolute atomic E-state index is 0.237. The van der Waals surface area contributed by atoms with Gasteiger partial charge < -0.3 is 23.8 Å². The highest BCUT2D eigenvalue weighted by Gasteiger charge is 2.47. The van der Waals surface area contributed by atoms with Crippen LogP contribution in [0.5, 0.6) is 0 Å². The predicted molar refractivity (Wildman–Crippen MR) is 164 cm³/mol. The van der Waals surface area contributed by atoms with Crippen LogP contribution in [0.4, 0.5) is 0 Å². The fraction of sp³-hybridized carbons (Fsp3) is 0.484. The van der Waals surface area contributed by atoms with Crippen molar-refractivity contribution < 1.29 is 23.8 Å². The van der Waals surface area contributed by atoms with Crippen molar-refractivity contribution in [1.29, 1.82) is 0 Å². The van der Waals surface area contributed by atoms with E-state index >= 15 is 0 Å². The van der Waals surface area contributed by atoms with Gasteiger partial charge in [0.15, 0.2) is 0 Å². The molecule has 40 heavy (non-hydrogen) atoms. The number of hydrogen-bond acceptors (Lipinski definition) is 9. The van der Waals surface area contributed by atoms with Crippen LogP contribution < -0.4 is 21.5 Å². The zero-order valence-electron chi connectivity index (χ0n) is 24.9. The molecule has 0 saturated carbocycles. The Morgan fingerprint density at radius 2 is 1.80 bits per heavy atom. The van der Waals surface area contributed by atoms with Crippen LogP contribution in [0.3, 0.4) is 0 Å². The van der Waals surface area contributed by atoms with Gasteiger partial charge in [-0.25, -0.2) is 0 Å². The van der Waals surface area contributed by atoms with Gasteiger partial charge in [-0.3, -0.25) is 20.7 Å². The van der Waals surface area contributed by atoms with E-state index in [2.05, 4.69) is 40.4 Å². The number of aliphatic hydroxyl groups excluding tert-OH is 1. The van der Waals surface area contributed by atoms with Crippen LogP contribution >= 0.6 is 0 Å². The Hall–Kier alpha value is -2.92. The molecule has 3 N–H and O–H groups in total. The number of piperidine rings is 1. The number of methoxy groups -OCH3 is 1. The van der Waals surface area contributed by atoms with E-state index in [-0.39, 0.29) is 6.61 Å². The summed E-state index contributed by atoms with van der Waals surface area (Å²) in [6.07, 6.45) is 15.7. The molecular formula is C31H50N4O5. The first-order chi connectivity index (χ1) is 19.3. The van der Waals surface area contributed by atoms with Crippen LogP contribution in [0, 0.1) is 5.41 Å². The molecule has 2 fully saturated rings. The van der Waals surface area contributed by atoms with Gasteiger partial charge in [0, 0.05) is 45.1 Å². The number of hydrogen-bond donors (Lipinski definition) is 3. The number of likely N-dealkylation sites (tertiary alicyclic amines) is 2. The van der Waals surface area contributed by atoms with Crippen LogP contribution in [0.2, 0.25) is 0 Å². The van der Waals surface area contributed by atoms with Gasteiger partial charge in [-0.1, -0.05) is 44.0 Å². The second kappa shape index (κ2) is 20.9. The second-order valence-corrected chi connectivity index (χ2v) is 9.55. The van der Waals surface area contributed by atoms with E-state index in [0.717, 1.165) is 68.1 Å². The lowest BCUT2D eigenvalue weighted by molar-refractivity contribution is -0.119. The summed E-state index contributed by atoms with van der Waals surface area (Å²) in [6.45, 7) is 20.7. The van der Waals surface area contributed by atoms with E-state index in [0.29, 0.717) is 12.0 Å². The molecule has 1 aromatic heterocycles. The number of aldehydes is 1. The maximum Gasteiger partial charge on any atom is 0.144 e. The molecule has 0 radical (unpaired) electrons. The van der Waals surface area contributed by atoms with Gasteiger partial charge in [0.1, 0.15) is 18.5 Å². The standard InChI is InChI=1S/C18H28N2O2.C10H12O2.C2H8N2.CH2O/c1-4-6-16(5-2)17(3,15-22)20-9-7-18(8-10-20)13-19(14-18)11-12-21;1-3-4-10-9(5-7-11-2)6-8-12-10;1-3-4-2;1-2/h4-6,15,21H,1-2,7-14H2,3H3;3-6,8H,1,7H2,2H3;3-4H,1-2H3;1H2/b16-6+;9-5-,10-4+;;. The Morgan fingerprint density at radius 1 is 1.18 bits per heavy atom. The van der Waals surface area contributed by atoms with Crippen molar-refractivity contribution in [2.75, 3.05) is 67.1 Å². The Morgan fingerprint density at radius 3 is 2.25 bits per heavy atom. The first kappa shape index (κ1) is 37.1. The molecule has 9 nitrogen and oxygen atoms in total. The molecule has 0 bridgehead atoms. The first-order valence-electron chi connectivity index (χ1n) is 13.3. The molecule has 3 rings (SSSR count). The molecule has 3 heterocycles. The SMILES string of the molecule is C=C/C=C(\C=C)C(C)(C=O)N1CCC2(CC1)CN(CCO)C2.C=C/C=c1/occ/c1=C/COC.C=O.CNNC. The number of rotatable bonds is 11. The second-order valence-electron chi connectivity index (χ2n) is 9.55. The zero-order valence-corrected chi connectivity index (χ0v) is 24.9. The summed E-state index contributed by atoms with van der Waals surface area (Å²) in [5.74, 6) is 0. The van der Waals surface area contributed by atoms with Gasteiger partial charge >= 0.3 is 0 Å². The van der Waals surface area contributed by atoms with Crippen molar-refractivity contribution in [2.24, 2.45) is 5.41 Å². The number of allylic oxidation sites excluding steroid dienone is 3. The van der Waals surface area contributed by atoms with Gasteiger partial charge in [-0.2, -0.15) is 0 Å². The lowest BCUT2D eigenvalue weighted by Crippen LogP contribution is -2.63. The maximum absolute atomic E-state index is 11.8. The summed E-state index contributed by atoms with van der Waals surface area (Å²) < 4.78 is 10.1. The van der Waals surface area contributed by atoms with Crippen molar-refractivity contribution >= 4 is 25.2 Å². The van der Waals surface area contributed by atoms with E-state index in [4.69, 9.17) is 19.1 Å². The van der Waals surface area contributed by atoms with E-state index in [1.54, 1.807) is 31.6 Å². The van der Waals surface area contributed by atoms with E-state index < -0.39 is 5.54 Å². The molecule has 9 heteroatoms. The predicted octanol–water partition coefficient (Wildman–Crippen LogP) is 1.46. The molecule has 1 atom stereocenters. The molecule has 1 spiro atoms. The first-order valence-corrected chi connectivity index (χ1v) is 13.3. The summed E-state index contributed by atoms with van der Waals surface area (Å²) in [7, 11) is 5.30. The highest BCUT2D eigenvalue weighted by molar-refractivity contribution is 5.71. The molecular weight excluding hydrogens is 508 g/mol. The largest absolute Gasteiger partial charge is 0.464 e. The topological polar surface area (TPSA) is 107 Å². The van der Waals surface area contributed by atoms with Crippen LogP contribution in [0.1, 0.15) is 19.8 Å². The summed E-state index contributed by atoms with van der Waals surface area (Å²) in [4.78, 5) is 24.4. The molecule has 2 saturated heterocycles. The summed E-state index contributed by atoms with van der Waals surface area (Å²) in [5.41, 5.74) is 6.86. The number of aliphatic hydroxyl groups is 1. The minimum Gasteiger partial charge on any atom is -0.464 e. The number of nitrogens with zero attached hydrogens (tertiary/aromatic N) is 2. The van der Waals surface area contributed by atoms with Crippen molar-refractivity contribution in [3.05, 3.63) is 72.6 Å².